The van der Waals surface area contributed by atoms with Crippen molar-refractivity contribution >= 4 is 5.95 Å². The molecule has 2 atom stereocenters. The average molecular weight is 239 g/mol. The monoisotopic (exact) mass is 239 g/mol. The molecule has 0 radical (unpaired) electrons. The molecule has 0 aliphatic heterocycles. The molecule has 0 saturated heterocycles. The zero-order valence-corrected chi connectivity index (χ0v) is 10.4. The fraction of sp³-hybridized carbons (Fsp3) is 0.667. The summed E-state index contributed by atoms with van der Waals surface area (Å²) in [4.78, 5) is 7.80. The van der Waals surface area contributed by atoms with Gasteiger partial charge < -0.3 is 10.1 Å². The predicted molar refractivity (Wildman–Crippen MR) is 63.2 cm³/mol. The SMILES string of the molecule is CCOC1CC(Nc2ncc(F)cn2)C1(C)C. The molecular formula is C12H18FN3O. The van der Waals surface area contributed by atoms with Crippen molar-refractivity contribution in [1.29, 1.82) is 0 Å². The summed E-state index contributed by atoms with van der Waals surface area (Å²) in [5, 5.41) is 3.22. The molecule has 0 amide bonds. The third-order valence-corrected chi connectivity index (χ3v) is 3.47. The lowest BCUT2D eigenvalue weighted by Gasteiger charge is -2.51. The van der Waals surface area contributed by atoms with Crippen molar-refractivity contribution in [3.8, 4) is 0 Å². The Morgan fingerprint density at radius 1 is 1.47 bits per heavy atom. The lowest BCUT2D eigenvalue weighted by atomic mass is 9.64. The highest BCUT2D eigenvalue weighted by Crippen LogP contribution is 2.43. The Bertz CT molecular complexity index is 380. The van der Waals surface area contributed by atoms with Gasteiger partial charge in [-0.3, -0.25) is 0 Å². The highest BCUT2D eigenvalue weighted by Gasteiger charge is 2.49. The van der Waals surface area contributed by atoms with Crippen LogP contribution >= 0.6 is 0 Å². The van der Waals surface area contributed by atoms with Gasteiger partial charge in [-0.2, -0.15) is 0 Å². The number of ether oxygens (including phenoxy) is 1. The van der Waals surface area contributed by atoms with Crippen LogP contribution in [0, 0.1) is 11.2 Å². The summed E-state index contributed by atoms with van der Waals surface area (Å²) in [5.74, 6) is 0.0510. The molecule has 1 aliphatic rings. The van der Waals surface area contributed by atoms with E-state index in [4.69, 9.17) is 4.74 Å². The van der Waals surface area contributed by atoms with Gasteiger partial charge in [-0.25, -0.2) is 14.4 Å². The molecular weight excluding hydrogens is 221 g/mol. The number of nitrogens with one attached hydrogen (secondary N) is 1. The second kappa shape index (κ2) is 4.56. The van der Waals surface area contributed by atoms with Crippen molar-refractivity contribution in [3.63, 3.8) is 0 Å². The standard InChI is InChI=1S/C12H18FN3O/c1-4-17-10-5-9(12(10,2)3)16-11-14-6-8(13)7-15-11/h6-7,9-10H,4-5H2,1-3H3,(H,14,15,16). The molecule has 0 aromatic carbocycles. The fourth-order valence-corrected chi connectivity index (χ4v) is 2.16. The maximum atomic E-state index is 12.7. The summed E-state index contributed by atoms with van der Waals surface area (Å²) in [6, 6.07) is 0.268. The van der Waals surface area contributed by atoms with Crippen LogP contribution in [-0.4, -0.2) is 28.7 Å². The van der Waals surface area contributed by atoms with E-state index in [1.807, 2.05) is 6.92 Å². The van der Waals surface area contributed by atoms with Crippen molar-refractivity contribution in [2.75, 3.05) is 11.9 Å². The van der Waals surface area contributed by atoms with Crippen LogP contribution in [-0.2, 0) is 4.74 Å². The zero-order valence-electron chi connectivity index (χ0n) is 10.4. The summed E-state index contributed by atoms with van der Waals surface area (Å²) in [7, 11) is 0. The van der Waals surface area contributed by atoms with E-state index in [1.54, 1.807) is 0 Å². The van der Waals surface area contributed by atoms with Gasteiger partial charge in [0.05, 0.1) is 18.5 Å². The van der Waals surface area contributed by atoms with Crippen molar-refractivity contribution < 1.29 is 9.13 Å². The van der Waals surface area contributed by atoms with Crippen molar-refractivity contribution in [3.05, 3.63) is 18.2 Å². The first kappa shape index (κ1) is 12.2. The minimum Gasteiger partial charge on any atom is -0.378 e. The maximum Gasteiger partial charge on any atom is 0.223 e. The predicted octanol–water partition coefficient (Wildman–Crippen LogP) is 2.23. The lowest BCUT2D eigenvalue weighted by molar-refractivity contribution is -0.0977. The summed E-state index contributed by atoms with van der Waals surface area (Å²) < 4.78 is 18.3. The molecule has 1 heterocycles. The molecule has 1 saturated carbocycles. The highest BCUT2D eigenvalue weighted by atomic mass is 19.1. The molecule has 1 aliphatic carbocycles. The van der Waals surface area contributed by atoms with E-state index in [2.05, 4.69) is 29.1 Å². The van der Waals surface area contributed by atoms with E-state index in [-0.39, 0.29) is 17.6 Å². The maximum absolute atomic E-state index is 12.7. The lowest BCUT2D eigenvalue weighted by Crippen LogP contribution is -2.58. The normalized spacial score (nSPS) is 26.4. The molecule has 5 heteroatoms. The van der Waals surface area contributed by atoms with Gasteiger partial charge in [0.15, 0.2) is 5.82 Å². The van der Waals surface area contributed by atoms with Gasteiger partial charge in [0.1, 0.15) is 0 Å². The Morgan fingerprint density at radius 2 is 2.12 bits per heavy atom. The number of rotatable bonds is 4. The number of anilines is 1. The first-order valence-corrected chi connectivity index (χ1v) is 5.89. The van der Waals surface area contributed by atoms with Crippen molar-refractivity contribution in [1.82, 2.24) is 9.97 Å². The first-order valence-electron chi connectivity index (χ1n) is 5.89. The van der Waals surface area contributed by atoms with Crippen LogP contribution < -0.4 is 5.32 Å². The minimum absolute atomic E-state index is 0.0494. The van der Waals surface area contributed by atoms with Crippen LogP contribution in [0.25, 0.3) is 0 Å². The van der Waals surface area contributed by atoms with E-state index in [0.717, 1.165) is 13.0 Å². The second-order valence-electron chi connectivity index (χ2n) is 4.92. The molecule has 1 fully saturated rings. The summed E-state index contributed by atoms with van der Waals surface area (Å²) in [6.07, 6.45) is 3.54. The zero-order chi connectivity index (χ0) is 12.5. The van der Waals surface area contributed by atoms with E-state index in [0.29, 0.717) is 5.95 Å². The first-order chi connectivity index (χ1) is 8.04. The number of halogens is 1. The van der Waals surface area contributed by atoms with Crippen LogP contribution in [0.5, 0.6) is 0 Å². The van der Waals surface area contributed by atoms with Crippen LogP contribution in [0.4, 0.5) is 10.3 Å². The average Bonchev–Trinajstić information content (AvgIpc) is 2.30. The fourth-order valence-electron chi connectivity index (χ4n) is 2.16. The topological polar surface area (TPSA) is 47.0 Å². The summed E-state index contributed by atoms with van der Waals surface area (Å²) in [5.41, 5.74) is 0.0494. The van der Waals surface area contributed by atoms with E-state index in [9.17, 15) is 4.39 Å². The molecule has 17 heavy (non-hydrogen) atoms. The third-order valence-electron chi connectivity index (χ3n) is 3.47. The van der Waals surface area contributed by atoms with Gasteiger partial charge >= 0.3 is 0 Å². The van der Waals surface area contributed by atoms with Gasteiger partial charge in [0.2, 0.25) is 5.95 Å². The molecule has 0 spiro atoms. The minimum atomic E-state index is -0.421. The van der Waals surface area contributed by atoms with Crippen molar-refractivity contribution in [2.24, 2.45) is 5.41 Å². The molecule has 1 aromatic heterocycles. The van der Waals surface area contributed by atoms with Crippen LogP contribution in [0.2, 0.25) is 0 Å². The van der Waals surface area contributed by atoms with E-state index >= 15 is 0 Å². The number of nitrogens with zero attached hydrogens (tertiary/aromatic N) is 2. The molecule has 1 N–H and O–H groups in total. The van der Waals surface area contributed by atoms with Gasteiger partial charge in [-0.15, -0.1) is 0 Å². The Hall–Kier alpha value is -1.23. The Kier molecular flexibility index (Phi) is 3.28. The number of hydrogen-bond donors (Lipinski definition) is 1. The van der Waals surface area contributed by atoms with Crippen LogP contribution in [0.1, 0.15) is 27.2 Å². The molecule has 2 rings (SSSR count). The van der Waals surface area contributed by atoms with Crippen LogP contribution in [0.3, 0.4) is 0 Å². The van der Waals surface area contributed by atoms with E-state index < -0.39 is 5.82 Å². The molecule has 4 nitrogen and oxygen atoms in total. The summed E-state index contributed by atoms with van der Waals surface area (Å²) in [6.45, 7) is 7.03. The molecule has 0 bridgehead atoms. The Morgan fingerprint density at radius 3 is 2.65 bits per heavy atom. The van der Waals surface area contributed by atoms with E-state index in [1.165, 1.54) is 12.4 Å². The Balaban J connectivity index is 1.95. The van der Waals surface area contributed by atoms with Gasteiger partial charge in [0, 0.05) is 18.1 Å². The number of aromatic nitrogens is 2. The smallest absolute Gasteiger partial charge is 0.223 e. The second-order valence-corrected chi connectivity index (χ2v) is 4.92. The third kappa shape index (κ3) is 2.39. The Labute approximate surface area is 101 Å². The quantitative estimate of drug-likeness (QED) is 0.875. The van der Waals surface area contributed by atoms with Crippen LogP contribution in [0.15, 0.2) is 12.4 Å². The van der Waals surface area contributed by atoms with Crippen molar-refractivity contribution in [2.45, 2.75) is 39.3 Å². The number of hydrogen-bond acceptors (Lipinski definition) is 4. The molecule has 2 unspecified atom stereocenters. The molecule has 1 aromatic rings. The highest BCUT2D eigenvalue weighted by molar-refractivity contribution is 5.28. The van der Waals surface area contributed by atoms with Gasteiger partial charge in [0.25, 0.3) is 0 Å². The molecule has 94 valence electrons. The largest absolute Gasteiger partial charge is 0.378 e. The van der Waals surface area contributed by atoms with Gasteiger partial charge in [-0.1, -0.05) is 13.8 Å². The van der Waals surface area contributed by atoms with Gasteiger partial charge in [-0.05, 0) is 13.3 Å². The summed E-state index contributed by atoms with van der Waals surface area (Å²) >= 11 is 0.